The molecule has 0 aromatic carbocycles. The molecule has 10 heteroatoms. The molecule has 2 N–H and O–H groups in total. The Morgan fingerprint density at radius 3 is 2.69 bits per heavy atom. The minimum atomic E-state index is -0.555. The van der Waals surface area contributed by atoms with Crippen molar-refractivity contribution >= 4 is 63.4 Å². The third-order valence-electron chi connectivity index (χ3n) is 3.25. The number of nitrogens with one attached hydrogen (secondary N) is 2. The van der Waals surface area contributed by atoms with E-state index in [1.807, 2.05) is 17.5 Å². The quantitative estimate of drug-likeness (QED) is 0.459. The number of aromatic nitrogens is 1. The first-order chi connectivity index (χ1) is 12.5. The normalized spacial score (nSPS) is 15.4. The molecule has 7 nitrogen and oxygen atoms in total. The van der Waals surface area contributed by atoms with Crippen LogP contribution >= 0.6 is 35.3 Å². The van der Waals surface area contributed by atoms with Crippen LogP contribution in [0.1, 0.15) is 15.2 Å². The first-order valence-corrected chi connectivity index (χ1v) is 9.43. The Labute approximate surface area is 162 Å². The second kappa shape index (κ2) is 8.21. The van der Waals surface area contributed by atoms with Crippen LogP contribution in [0, 0.1) is 0 Å². The molecule has 3 heterocycles. The Bertz CT molecular complexity index is 881. The third kappa shape index (κ3) is 4.34. The largest absolute Gasteiger partial charge is 0.283 e. The summed E-state index contributed by atoms with van der Waals surface area (Å²) < 4.78 is 0.299. The summed E-state index contributed by atoms with van der Waals surface area (Å²) in [5.41, 5.74) is 4.90. The fraction of sp³-hybridized carbons (Fsp3) is 0.0625. The fourth-order valence-electron chi connectivity index (χ4n) is 2.02. The number of nitrogens with zero attached hydrogens (tertiary/aromatic N) is 2. The smallest absolute Gasteiger partial charge is 0.269 e. The van der Waals surface area contributed by atoms with Crippen LogP contribution in [-0.2, 0) is 9.59 Å². The molecule has 1 saturated heterocycles. The van der Waals surface area contributed by atoms with E-state index in [0.29, 0.717) is 14.8 Å². The molecular formula is C16H12N4O3S3. The van der Waals surface area contributed by atoms with E-state index in [-0.39, 0.29) is 12.5 Å². The van der Waals surface area contributed by atoms with Crippen molar-refractivity contribution in [3.05, 3.63) is 57.4 Å². The number of thiophene rings is 1. The topological polar surface area (TPSA) is 91.4 Å². The maximum atomic E-state index is 12.4. The van der Waals surface area contributed by atoms with Crippen LogP contribution in [-0.4, -0.2) is 38.5 Å². The lowest BCUT2D eigenvalue weighted by atomic mass is 10.3. The highest BCUT2D eigenvalue weighted by atomic mass is 32.2. The van der Waals surface area contributed by atoms with Crippen molar-refractivity contribution in [2.24, 2.45) is 0 Å². The van der Waals surface area contributed by atoms with Crippen molar-refractivity contribution in [2.75, 3.05) is 6.54 Å². The predicted octanol–water partition coefficient (Wildman–Crippen LogP) is 1.81. The molecule has 132 valence electrons. The van der Waals surface area contributed by atoms with Gasteiger partial charge in [-0.25, -0.2) is 0 Å². The summed E-state index contributed by atoms with van der Waals surface area (Å²) in [6.07, 6.45) is 4.68. The van der Waals surface area contributed by atoms with E-state index in [1.165, 1.54) is 40.8 Å². The van der Waals surface area contributed by atoms with Crippen LogP contribution in [0.25, 0.3) is 6.08 Å². The lowest BCUT2D eigenvalue weighted by Crippen LogP contribution is -2.47. The number of thioether (sulfide) groups is 1. The van der Waals surface area contributed by atoms with Crippen molar-refractivity contribution in [1.82, 2.24) is 20.7 Å². The molecule has 3 rings (SSSR count). The molecule has 0 unspecified atom stereocenters. The molecule has 0 atom stereocenters. The summed E-state index contributed by atoms with van der Waals surface area (Å²) in [4.78, 5) is 42.7. The third-order valence-corrected chi connectivity index (χ3v) is 5.45. The lowest BCUT2D eigenvalue weighted by molar-refractivity contribution is -0.129. The Hall–Kier alpha value is -2.56. The van der Waals surface area contributed by atoms with Gasteiger partial charge in [-0.15, -0.1) is 11.3 Å². The van der Waals surface area contributed by atoms with Gasteiger partial charge in [-0.3, -0.25) is 35.1 Å². The van der Waals surface area contributed by atoms with Gasteiger partial charge in [-0.1, -0.05) is 30.0 Å². The molecule has 1 aliphatic rings. The molecule has 2 aromatic heterocycles. The van der Waals surface area contributed by atoms with Gasteiger partial charge < -0.3 is 0 Å². The van der Waals surface area contributed by atoms with E-state index in [1.54, 1.807) is 6.08 Å². The first-order valence-electron chi connectivity index (χ1n) is 7.32. The maximum absolute atomic E-state index is 12.4. The van der Waals surface area contributed by atoms with Crippen LogP contribution in [0.2, 0.25) is 0 Å². The zero-order chi connectivity index (χ0) is 18.5. The van der Waals surface area contributed by atoms with E-state index in [2.05, 4.69) is 15.8 Å². The Morgan fingerprint density at radius 1 is 1.23 bits per heavy atom. The number of carbonyl (C=O) groups excluding carboxylic acids is 3. The standard InChI is InChI=1S/C16H12N4O3S3/c21-13(18-19-14(22)10-3-5-17-6-4-10)9-20-15(23)12(26-16(20)24)8-11-2-1-7-25-11/h1-8H,9H2,(H,18,21)(H,19,22)/b12-8+. The fourth-order valence-corrected chi connectivity index (χ4v) is 4.00. The van der Waals surface area contributed by atoms with E-state index >= 15 is 0 Å². The molecule has 0 saturated carbocycles. The molecule has 26 heavy (non-hydrogen) atoms. The molecule has 0 aliphatic carbocycles. The van der Waals surface area contributed by atoms with Crippen molar-refractivity contribution in [3.8, 4) is 0 Å². The summed E-state index contributed by atoms with van der Waals surface area (Å²) in [6.45, 7) is -0.275. The summed E-state index contributed by atoms with van der Waals surface area (Å²) in [5.74, 6) is -1.37. The SMILES string of the molecule is O=C(CN1C(=O)/C(=C\c2cccs2)SC1=S)NNC(=O)c1ccncc1. The number of hydrogen-bond donors (Lipinski definition) is 2. The highest BCUT2D eigenvalue weighted by molar-refractivity contribution is 8.26. The monoisotopic (exact) mass is 404 g/mol. The highest BCUT2D eigenvalue weighted by Crippen LogP contribution is 2.32. The second-order valence-corrected chi connectivity index (χ2v) is 7.68. The van der Waals surface area contributed by atoms with Crippen LogP contribution < -0.4 is 10.9 Å². The second-order valence-electron chi connectivity index (χ2n) is 5.02. The van der Waals surface area contributed by atoms with Crippen molar-refractivity contribution in [3.63, 3.8) is 0 Å². The van der Waals surface area contributed by atoms with Crippen LogP contribution in [0.15, 0.2) is 46.9 Å². The van der Waals surface area contributed by atoms with E-state index < -0.39 is 11.8 Å². The summed E-state index contributed by atoms with van der Waals surface area (Å²) in [7, 11) is 0. The van der Waals surface area contributed by atoms with Gasteiger partial charge in [0, 0.05) is 22.8 Å². The van der Waals surface area contributed by atoms with Gasteiger partial charge in [0.1, 0.15) is 10.9 Å². The number of hydrazine groups is 1. The van der Waals surface area contributed by atoms with Crippen LogP contribution in [0.4, 0.5) is 0 Å². The molecule has 0 spiro atoms. The molecule has 0 radical (unpaired) electrons. The maximum Gasteiger partial charge on any atom is 0.269 e. The van der Waals surface area contributed by atoms with E-state index in [0.717, 1.165) is 16.6 Å². The van der Waals surface area contributed by atoms with Gasteiger partial charge in [0.2, 0.25) is 0 Å². The summed E-state index contributed by atoms with van der Waals surface area (Å²) >= 11 is 7.82. The molecule has 2 aromatic rings. The number of thiocarbonyl (C=S) groups is 1. The Balaban J connectivity index is 1.56. The van der Waals surface area contributed by atoms with Crippen LogP contribution in [0.5, 0.6) is 0 Å². The number of hydrogen-bond acceptors (Lipinski definition) is 7. The van der Waals surface area contributed by atoms with E-state index in [9.17, 15) is 14.4 Å². The number of pyridine rings is 1. The molecule has 3 amide bonds. The highest BCUT2D eigenvalue weighted by Gasteiger charge is 2.33. The average Bonchev–Trinajstić information content (AvgIpc) is 3.25. The van der Waals surface area contributed by atoms with Crippen molar-refractivity contribution in [2.45, 2.75) is 0 Å². The summed E-state index contributed by atoms with van der Waals surface area (Å²) in [5, 5.41) is 1.91. The minimum Gasteiger partial charge on any atom is -0.283 e. The lowest BCUT2D eigenvalue weighted by Gasteiger charge is -2.14. The molecule has 1 aliphatic heterocycles. The number of amides is 3. The van der Waals surface area contributed by atoms with Gasteiger partial charge in [0.25, 0.3) is 17.7 Å². The van der Waals surface area contributed by atoms with Gasteiger partial charge in [0.15, 0.2) is 0 Å². The molecule has 1 fully saturated rings. The minimum absolute atomic E-state index is 0.275. The average molecular weight is 404 g/mol. The summed E-state index contributed by atoms with van der Waals surface area (Å²) in [6, 6.07) is 6.80. The van der Waals surface area contributed by atoms with E-state index in [4.69, 9.17) is 12.2 Å². The first kappa shape index (κ1) is 18.2. The number of carbonyl (C=O) groups is 3. The Kier molecular flexibility index (Phi) is 5.76. The van der Waals surface area contributed by atoms with Gasteiger partial charge in [-0.05, 0) is 29.7 Å². The van der Waals surface area contributed by atoms with Gasteiger partial charge in [-0.2, -0.15) is 0 Å². The zero-order valence-electron chi connectivity index (χ0n) is 13.2. The Morgan fingerprint density at radius 2 is 2.00 bits per heavy atom. The number of rotatable bonds is 4. The van der Waals surface area contributed by atoms with Crippen molar-refractivity contribution < 1.29 is 14.4 Å². The van der Waals surface area contributed by atoms with Gasteiger partial charge >= 0.3 is 0 Å². The molecular weight excluding hydrogens is 392 g/mol. The zero-order valence-corrected chi connectivity index (χ0v) is 15.6. The predicted molar refractivity (Wildman–Crippen MR) is 104 cm³/mol. The van der Waals surface area contributed by atoms with Crippen molar-refractivity contribution in [1.29, 1.82) is 0 Å². The molecule has 0 bridgehead atoms. The van der Waals surface area contributed by atoms with Gasteiger partial charge in [0.05, 0.1) is 4.91 Å². The van der Waals surface area contributed by atoms with Crippen LogP contribution in [0.3, 0.4) is 0 Å².